The smallest absolute Gasteiger partial charge is 0.273 e. The molecule has 0 aliphatic carbocycles. The van der Waals surface area contributed by atoms with Crippen molar-refractivity contribution in [3.63, 3.8) is 0 Å². The van der Waals surface area contributed by atoms with Gasteiger partial charge >= 0.3 is 0 Å². The van der Waals surface area contributed by atoms with Gasteiger partial charge in [-0.1, -0.05) is 41.9 Å². The minimum absolute atomic E-state index is 0.109. The SMILES string of the molecule is O=C(NCc1ccccc1)c1nccnc1Cl. The van der Waals surface area contributed by atoms with Gasteiger partial charge in [-0.2, -0.15) is 0 Å². The van der Waals surface area contributed by atoms with Gasteiger partial charge in [-0.25, -0.2) is 9.97 Å². The summed E-state index contributed by atoms with van der Waals surface area (Å²) in [6.45, 7) is 0.437. The molecule has 0 aliphatic heterocycles. The van der Waals surface area contributed by atoms with Crippen molar-refractivity contribution in [2.75, 3.05) is 0 Å². The maximum atomic E-state index is 11.7. The van der Waals surface area contributed by atoms with Crippen molar-refractivity contribution in [3.05, 3.63) is 59.1 Å². The van der Waals surface area contributed by atoms with Gasteiger partial charge in [-0.05, 0) is 5.56 Å². The minimum Gasteiger partial charge on any atom is -0.347 e. The van der Waals surface area contributed by atoms with Crippen LogP contribution in [-0.4, -0.2) is 15.9 Å². The van der Waals surface area contributed by atoms with Crippen molar-refractivity contribution in [2.45, 2.75) is 6.54 Å². The highest BCUT2D eigenvalue weighted by Gasteiger charge is 2.11. The summed E-state index contributed by atoms with van der Waals surface area (Å²) < 4.78 is 0. The van der Waals surface area contributed by atoms with E-state index in [1.807, 2.05) is 30.3 Å². The van der Waals surface area contributed by atoms with Gasteiger partial charge in [0.25, 0.3) is 5.91 Å². The molecular weight excluding hydrogens is 238 g/mol. The molecule has 86 valence electrons. The highest BCUT2D eigenvalue weighted by atomic mass is 35.5. The molecule has 0 spiro atoms. The molecule has 0 atom stereocenters. The second-order valence-electron chi connectivity index (χ2n) is 3.36. The van der Waals surface area contributed by atoms with Crippen LogP contribution < -0.4 is 5.32 Å². The zero-order chi connectivity index (χ0) is 12.1. The molecule has 5 heteroatoms. The Labute approximate surface area is 104 Å². The van der Waals surface area contributed by atoms with Crippen molar-refractivity contribution in [2.24, 2.45) is 0 Å². The van der Waals surface area contributed by atoms with E-state index in [2.05, 4.69) is 15.3 Å². The van der Waals surface area contributed by atoms with E-state index in [1.165, 1.54) is 12.4 Å². The number of nitrogens with one attached hydrogen (secondary N) is 1. The van der Waals surface area contributed by atoms with Gasteiger partial charge in [-0.15, -0.1) is 0 Å². The van der Waals surface area contributed by atoms with E-state index in [9.17, 15) is 4.79 Å². The normalized spacial score (nSPS) is 9.94. The van der Waals surface area contributed by atoms with Crippen LogP contribution in [0.25, 0.3) is 0 Å². The molecule has 2 rings (SSSR count). The molecular formula is C12H10ClN3O. The minimum atomic E-state index is -0.327. The van der Waals surface area contributed by atoms with Crippen LogP contribution in [0.4, 0.5) is 0 Å². The number of benzene rings is 1. The van der Waals surface area contributed by atoms with Crippen molar-refractivity contribution >= 4 is 17.5 Å². The summed E-state index contributed by atoms with van der Waals surface area (Å²) in [6.07, 6.45) is 2.87. The number of carbonyl (C=O) groups excluding carboxylic acids is 1. The molecule has 1 amide bonds. The number of hydrogen-bond donors (Lipinski definition) is 1. The predicted octanol–water partition coefficient (Wildman–Crippen LogP) is 2.06. The van der Waals surface area contributed by atoms with Crippen LogP contribution >= 0.6 is 11.6 Å². The number of hydrogen-bond acceptors (Lipinski definition) is 3. The number of aromatic nitrogens is 2. The molecule has 0 saturated heterocycles. The number of carbonyl (C=O) groups is 1. The van der Waals surface area contributed by atoms with Crippen LogP contribution in [-0.2, 0) is 6.54 Å². The molecule has 1 aromatic heterocycles. The van der Waals surface area contributed by atoms with Crippen LogP contribution in [0.5, 0.6) is 0 Å². The van der Waals surface area contributed by atoms with Gasteiger partial charge in [0.05, 0.1) is 0 Å². The lowest BCUT2D eigenvalue weighted by Gasteiger charge is -2.05. The largest absolute Gasteiger partial charge is 0.347 e. The lowest BCUT2D eigenvalue weighted by Crippen LogP contribution is -2.24. The van der Waals surface area contributed by atoms with Crippen molar-refractivity contribution in [3.8, 4) is 0 Å². The zero-order valence-electron chi connectivity index (χ0n) is 8.93. The summed E-state index contributed by atoms with van der Waals surface area (Å²) in [4.78, 5) is 19.4. The first-order valence-electron chi connectivity index (χ1n) is 5.06. The molecule has 0 fully saturated rings. The van der Waals surface area contributed by atoms with Crippen LogP contribution in [0.3, 0.4) is 0 Å². The van der Waals surface area contributed by atoms with Gasteiger partial charge in [0.1, 0.15) is 0 Å². The molecule has 1 aromatic carbocycles. The fourth-order valence-electron chi connectivity index (χ4n) is 1.34. The lowest BCUT2D eigenvalue weighted by molar-refractivity contribution is 0.0945. The van der Waals surface area contributed by atoms with Crippen LogP contribution in [0.1, 0.15) is 16.1 Å². The third-order valence-electron chi connectivity index (χ3n) is 2.16. The molecule has 0 bridgehead atoms. The number of nitrogens with zero attached hydrogens (tertiary/aromatic N) is 2. The standard InChI is InChI=1S/C12H10ClN3O/c13-11-10(14-6-7-15-11)12(17)16-8-9-4-2-1-3-5-9/h1-7H,8H2,(H,16,17). The highest BCUT2D eigenvalue weighted by molar-refractivity contribution is 6.32. The maximum Gasteiger partial charge on any atom is 0.273 e. The van der Waals surface area contributed by atoms with E-state index in [0.29, 0.717) is 6.54 Å². The summed E-state index contributed by atoms with van der Waals surface area (Å²) in [5, 5.41) is 2.84. The molecule has 0 radical (unpaired) electrons. The lowest BCUT2D eigenvalue weighted by atomic mass is 10.2. The fourth-order valence-corrected chi connectivity index (χ4v) is 1.53. The summed E-state index contributed by atoms with van der Waals surface area (Å²) in [6, 6.07) is 9.61. The molecule has 17 heavy (non-hydrogen) atoms. The maximum absolute atomic E-state index is 11.7. The van der Waals surface area contributed by atoms with Crippen molar-refractivity contribution < 1.29 is 4.79 Å². The van der Waals surface area contributed by atoms with E-state index in [4.69, 9.17) is 11.6 Å². The molecule has 0 saturated carbocycles. The topological polar surface area (TPSA) is 54.9 Å². The van der Waals surface area contributed by atoms with E-state index in [1.54, 1.807) is 0 Å². The Balaban J connectivity index is 2.01. The first kappa shape index (κ1) is 11.5. The third kappa shape index (κ3) is 3.01. The van der Waals surface area contributed by atoms with Gasteiger partial charge < -0.3 is 5.32 Å². The Morgan fingerprint density at radius 3 is 2.59 bits per heavy atom. The summed E-state index contributed by atoms with van der Waals surface area (Å²) in [5.41, 5.74) is 1.16. The van der Waals surface area contributed by atoms with Crippen molar-refractivity contribution in [1.29, 1.82) is 0 Å². The second kappa shape index (κ2) is 5.41. The molecule has 1 heterocycles. The Morgan fingerprint density at radius 2 is 1.88 bits per heavy atom. The molecule has 0 unspecified atom stereocenters. The number of halogens is 1. The van der Waals surface area contributed by atoms with E-state index >= 15 is 0 Å². The monoisotopic (exact) mass is 247 g/mol. The molecule has 2 aromatic rings. The van der Waals surface area contributed by atoms with E-state index < -0.39 is 0 Å². The van der Waals surface area contributed by atoms with E-state index in [-0.39, 0.29) is 16.8 Å². The predicted molar refractivity (Wildman–Crippen MR) is 64.7 cm³/mol. The van der Waals surface area contributed by atoms with Crippen LogP contribution in [0.15, 0.2) is 42.7 Å². The van der Waals surface area contributed by atoms with Gasteiger partial charge in [0.15, 0.2) is 10.8 Å². The summed E-state index contributed by atoms with van der Waals surface area (Å²) >= 11 is 5.77. The Kier molecular flexibility index (Phi) is 3.67. The Bertz CT molecular complexity index is 516. The summed E-state index contributed by atoms with van der Waals surface area (Å²) in [5.74, 6) is -0.327. The molecule has 4 nitrogen and oxygen atoms in total. The van der Waals surface area contributed by atoms with Gasteiger partial charge in [-0.3, -0.25) is 4.79 Å². The molecule has 0 aliphatic rings. The molecule has 1 N–H and O–H groups in total. The van der Waals surface area contributed by atoms with E-state index in [0.717, 1.165) is 5.56 Å². The quantitative estimate of drug-likeness (QED) is 0.903. The van der Waals surface area contributed by atoms with Gasteiger partial charge in [0, 0.05) is 18.9 Å². The second-order valence-corrected chi connectivity index (χ2v) is 3.72. The third-order valence-corrected chi connectivity index (χ3v) is 2.44. The Hall–Kier alpha value is -1.94. The Morgan fingerprint density at radius 1 is 1.18 bits per heavy atom. The summed E-state index contributed by atoms with van der Waals surface area (Å²) in [7, 11) is 0. The average molecular weight is 248 g/mol. The number of rotatable bonds is 3. The first-order valence-corrected chi connectivity index (χ1v) is 5.44. The average Bonchev–Trinajstić information content (AvgIpc) is 2.38. The van der Waals surface area contributed by atoms with Crippen LogP contribution in [0, 0.1) is 0 Å². The first-order chi connectivity index (χ1) is 8.27. The fraction of sp³-hybridized carbons (Fsp3) is 0.0833. The highest BCUT2D eigenvalue weighted by Crippen LogP contribution is 2.08. The zero-order valence-corrected chi connectivity index (χ0v) is 9.69. The number of amides is 1. The van der Waals surface area contributed by atoms with Crippen LogP contribution in [0.2, 0.25) is 5.15 Å². The van der Waals surface area contributed by atoms with Gasteiger partial charge in [0.2, 0.25) is 0 Å². The van der Waals surface area contributed by atoms with Crippen molar-refractivity contribution in [1.82, 2.24) is 15.3 Å².